The summed E-state index contributed by atoms with van der Waals surface area (Å²) in [5.74, 6) is -0.121. The Balaban J connectivity index is 2.11. The molecule has 21 heavy (non-hydrogen) atoms. The molecular weight excluding hydrogens is 292 g/mol. The number of hydrogen-bond acceptors (Lipinski definition) is 5. The second kappa shape index (κ2) is 6.54. The molecule has 1 aromatic carbocycles. The van der Waals surface area contributed by atoms with Crippen molar-refractivity contribution in [2.24, 2.45) is 0 Å². The summed E-state index contributed by atoms with van der Waals surface area (Å²) in [7, 11) is -3.47. The highest BCUT2D eigenvalue weighted by Crippen LogP contribution is 2.18. The molecular formula is C14H18N2O4S. The maximum Gasteiger partial charge on any atom is 0.218 e. The lowest BCUT2D eigenvalue weighted by Gasteiger charge is -2.35. The molecule has 7 heteroatoms. The number of nitriles is 1. The Hall–Kier alpha value is -1.46. The molecule has 0 radical (unpaired) electrons. The number of hydrogen-bond donors (Lipinski definition) is 1. The summed E-state index contributed by atoms with van der Waals surface area (Å²) in [5, 5.41) is 17.9. The van der Waals surface area contributed by atoms with Gasteiger partial charge in [0.25, 0.3) is 0 Å². The molecule has 1 aromatic rings. The summed E-state index contributed by atoms with van der Waals surface area (Å²) in [5.41, 5.74) is 1.13. The largest absolute Gasteiger partial charge is 0.394 e. The Morgan fingerprint density at radius 3 is 2.62 bits per heavy atom. The number of morpholine rings is 1. The molecule has 0 amide bonds. The van der Waals surface area contributed by atoms with Crippen LogP contribution in [0.2, 0.25) is 0 Å². The lowest BCUT2D eigenvalue weighted by molar-refractivity contribution is -0.0750. The van der Waals surface area contributed by atoms with Gasteiger partial charge in [0.05, 0.1) is 36.2 Å². The summed E-state index contributed by atoms with van der Waals surface area (Å²) >= 11 is 0. The van der Waals surface area contributed by atoms with E-state index in [4.69, 9.17) is 15.1 Å². The van der Waals surface area contributed by atoms with Gasteiger partial charge in [0.2, 0.25) is 10.0 Å². The van der Waals surface area contributed by atoms with Gasteiger partial charge in [0, 0.05) is 13.1 Å². The molecule has 2 atom stereocenters. The van der Waals surface area contributed by atoms with Gasteiger partial charge >= 0.3 is 0 Å². The van der Waals surface area contributed by atoms with Gasteiger partial charge in [-0.25, -0.2) is 8.42 Å². The molecule has 1 N–H and O–H groups in total. The standard InChI is InChI=1S/C14H18N2O4S/c1-11-7-16(8-14(9-17)20-11)21(18,19)10-13-4-2-12(6-15)3-5-13/h2-5,11,14,17H,7-10H2,1H3. The molecule has 2 rings (SSSR count). The highest BCUT2D eigenvalue weighted by atomic mass is 32.2. The molecule has 1 fully saturated rings. The molecule has 1 aliphatic heterocycles. The van der Waals surface area contributed by atoms with E-state index >= 15 is 0 Å². The molecule has 1 heterocycles. The number of nitrogens with zero attached hydrogens (tertiary/aromatic N) is 2. The Labute approximate surface area is 124 Å². The van der Waals surface area contributed by atoms with Crippen molar-refractivity contribution < 1.29 is 18.3 Å². The van der Waals surface area contributed by atoms with Gasteiger partial charge in [-0.1, -0.05) is 12.1 Å². The molecule has 0 aromatic heterocycles. The van der Waals surface area contributed by atoms with E-state index in [2.05, 4.69) is 0 Å². The van der Waals surface area contributed by atoms with Gasteiger partial charge in [-0.3, -0.25) is 0 Å². The third-order valence-corrected chi connectivity index (χ3v) is 5.10. The number of aliphatic hydroxyl groups is 1. The zero-order chi connectivity index (χ0) is 15.5. The lowest BCUT2D eigenvalue weighted by Crippen LogP contribution is -2.50. The van der Waals surface area contributed by atoms with E-state index in [1.165, 1.54) is 4.31 Å². The first kappa shape index (κ1) is 15.9. The maximum atomic E-state index is 12.4. The van der Waals surface area contributed by atoms with E-state index in [-0.39, 0.29) is 31.6 Å². The van der Waals surface area contributed by atoms with Crippen LogP contribution in [0.3, 0.4) is 0 Å². The maximum absolute atomic E-state index is 12.4. The molecule has 1 saturated heterocycles. The fraction of sp³-hybridized carbons (Fsp3) is 0.500. The van der Waals surface area contributed by atoms with Crippen molar-refractivity contribution in [3.8, 4) is 6.07 Å². The predicted molar refractivity (Wildman–Crippen MR) is 76.8 cm³/mol. The van der Waals surface area contributed by atoms with Gasteiger partial charge in [0.15, 0.2) is 0 Å². The van der Waals surface area contributed by atoms with Crippen LogP contribution in [0.1, 0.15) is 18.1 Å². The van der Waals surface area contributed by atoms with Crippen LogP contribution in [0.15, 0.2) is 24.3 Å². The van der Waals surface area contributed by atoms with E-state index in [0.29, 0.717) is 11.1 Å². The van der Waals surface area contributed by atoms with Crippen LogP contribution in [0.25, 0.3) is 0 Å². The van der Waals surface area contributed by atoms with E-state index in [1.54, 1.807) is 31.2 Å². The summed E-state index contributed by atoms with van der Waals surface area (Å²) in [4.78, 5) is 0. The van der Waals surface area contributed by atoms with Gasteiger partial charge in [0.1, 0.15) is 0 Å². The van der Waals surface area contributed by atoms with Gasteiger partial charge < -0.3 is 9.84 Å². The van der Waals surface area contributed by atoms with Crippen LogP contribution in [0.4, 0.5) is 0 Å². The predicted octanol–water partition coefficient (Wildman–Crippen LogP) is 0.470. The zero-order valence-electron chi connectivity index (χ0n) is 11.8. The first-order valence-corrected chi connectivity index (χ1v) is 8.28. The molecule has 0 spiro atoms. The SMILES string of the molecule is CC1CN(S(=O)(=O)Cc2ccc(C#N)cc2)CC(CO)O1. The van der Waals surface area contributed by atoms with E-state index in [1.807, 2.05) is 6.07 Å². The zero-order valence-corrected chi connectivity index (χ0v) is 12.6. The first-order chi connectivity index (χ1) is 9.94. The van der Waals surface area contributed by atoms with Crippen molar-refractivity contribution in [2.45, 2.75) is 24.9 Å². The molecule has 0 bridgehead atoms. The normalized spacial score (nSPS) is 23.7. The summed E-state index contributed by atoms with van der Waals surface area (Å²) in [6, 6.07) is 8.48. The van der Waals surface area contributed by atoms with Crippen LogP contribution >= 0.6 is 0 Å². The Morgan fingerprint density at radius 1 is 1.38 bits per heavy atom. The van der Waals surface area contributed by atoms with Crippen LogP contribution in [0, 0.1) is 11.3 Å². The molecule has 0 aliphatic carbocycles. The fourth-order valence-corrected chi connectivity index (χ4v) is 3.94. The van der Waals surface area contributed by atoms with E-state index < -0.39 is 16.1 Å². The summed E-state index contributed by atoms with van der Waals surface area (Å²) < 4.78 is 31.7. The molecule has 114 valence electrons. The Bertz CT molecular complexity index is 621. The van der Waals surface area contributed by atoms with Crippen molar-refractivity contribution in [1.29, 1.82) is 5.26 Å². The Kier molecular flexibility index (Phi) is 4.96. The highest BCUT2D eigenvalue weighted by molar-refractivity contribution is 7.88. The minimum atomic E-state index is -3.47. The molecule has 0 saturated carbocycles. The van der Waals surface area contributed by atoms with Gasteiger partial charge in [-0.05, 0) is 24.6 Å². The Morgan fingerprint density at radius 2 is 2.05 bits per heavy atom. The first-order valence-electron chi connectivity index (χ1n) is 6.68. The second-order valence-corrected chi connectivity index (χ2v) is 7.10. The molecule has 1 aliphatic rings. The lowest BCUT2D eigenvalue weighted by atomic mass is 10.2. The molecule has 2 unspecified atom stereocenters. The van der Waals surface area contributed by atoms with Crippen LogP contribution in [0.5, 0.6) is 0 Å². The van der Waals surface area contributed by atoms with E-state index in [9.17, 15) is 8.42 Å². The quantitative estimate of drug-likeness (QED) is 0.873. The van der Waals surface area contributed by atoms with Gasteiger partial charge in [-0.15, -0.1) is 0 Å². The van der Waals surface area contributed by atoms with Crippen molar-refractivity contribution in [3.63, 3.8) is 0 Å². The number of benzene rings is 1. The minimum Gasteiger partial charge on any atom is -0.394 e. The second-order valence-electron chi connectivity index (χ2n) is 5.13. The van der Waals surface area contributed by atoms with Crippen LogP contribution in [-0.2, 0) is 20.5 Å². The van der Waals surface area contributed by atoms with Crippen molar-refractivity contribution in [1.82, 2.24) is 4.31 Å². The number of rotatable bonds is 4. The monoisotopic (exact) mass is 310 g/mol. The topological polar surface area (TPSA) is 90.6 Å². The number of ether oxygens (including phenoxy) is 1. The third kappa shape index (κ3) is 4.02. The van der Waals surface area contributed by atoms with Gasteiger partial charge in [-0.2, -0.15) is 9.57 Å². The number of sulfonamides is 1. The summed E-state index contributed by atoms with van der Waals surface area (Å²) in [6.45, 7) is 2.04. The summed E-state index contributed by atoms with van der Waals surface area (Å²) in [6.07, 6.45) is -0.726. The average Bonchev–Trinajstić information content (AvgIpc) is 2.47. The van der Waals surface area contributed by atoms with Crippen molar-refractivity contribution >= 4 is 10.0 Å². The number of aliphatic hydroxyl groups excluding tert-OH is 1. The smallest absolute Gasteiger partial charge is 0.218 e. The van der Waals surface area contributed by atoms with E-state index in [0.717, 1.165) is 0 Å². The highest BCUT2D eigenvalue weighted by Gasteiger charge is 2.32. The fourth-order valence-electron chi connectivity index (χ4n) is 2.31. The van der Waals surface area contributed by atoms with Crippen LogP contribution in [-0.4, -0.2) is 49.7 Å². The molecule has 6 nitrogen and oxygen atoms in total. The third-order valence-electron chi connectivity index (χ3n) is 3.32. The van der Waals surface area contributed by atoms with Crippen molar-refractivity contribution in [3.05, 3.63) is 35.4 Å². The average molecular weight is 310 g/mol. The van der Waals surface area contributed by atoms with Crippen LogP contribution < -0.4 is 0 Å². The van der Waals surface area contributed by atoms with Crippen molar-refractivity contribution in [2.75, 3.05) is 19.7 Å². The minimum absolute atomic E-state index is 0.121.